The molecular weight excluding hydrogens is 269 g/mol. The van der Waals surface area contributed by atoms with E-state index in [1.54, 1.807) is 12.1 Å². The molecule has 0 aliphatic carbocycles. The van der Waals surface area contributed by atoms with Crippen molar-refractivity contribution in [3.63, 3.8) is 0 Å². The molecule has 2 aromatic rings. The van der Waals surface area contributed by atoms with Crippen molar-refractivity contribution in [3.05, 3.63) is 53.8 Å². The molecule has 3 nitrogen and oxygen atoms in total. The van der Waals surface area contributed by atoms with Gasteiger partial charge in [0, 0.05) is 6.07 Å². The fourth-order valence-electron chi connectivity index (χ4n) is 1.98. The summed E-state index contributed by atoms with van der Waals surface area (Å²) in [4.78, 5) is 0. The number of benzene rings is 2. The van der Waals surface area contributed by atoms with Crippen molar-refractivity contribution < 1.29 is 13.9 Å². The van der Waals surface area contributed by atoms with Gasteiger partial charge < -0.3 is 15.2 Å². The summed E-state index contributed by atoms with van der Waals surface area (Å²) >= 11 is 0. The smallest absolute Gasteiger partial charge is 0.169 e. The van der Waals surface area contributed by atoms with Crippen LogP contribution in [0, 0.1) is 5.82 Å². The van der Waals surface area contributed by atoms with Crippen LogP contribution in [-0.2, 0) is 6.42 Å². The first-order valence-corrected chi connectivity index (χ1v) is 7.12. The highest BCUT2D eigenvalue weighted by Crippen LogP contribution is 2.32. The third-order valence-corrected chi connectivity index (χ3v) is 2.90. The molecule has 0 saturated carbocycles. The third-order valence-electron chi connectivity index (χ3n) is 2.90. The Kier molecular flexibility index (Phi) is 5.58. The molecule has 0 atom stereocenters. The molecule has 2 aromatic carbocycles. The summed E-state index contributed by atoms with van der Waals surface area (Å²) in [7, 11) is 0. The van der Waals surface area contributed by atoms with E-state index in [2.05, 4.69) is 0 Å². The Bertz CT molecular complexity index is 587. The van der Waals surface area contributed by atoms with Gasteiger partial charge in [-0.2, -0.15) is 0 Å². The van der Waals surface area contributed by atoms with Gasteiger partial charge in [-0.1, -0.05) is 19.1 Å². The van der Waals surface area contributed by atoms with Gasteiger partial charge in [-0.05, 0) is 49.2 Å². The predicted molar refractivity (Wildman–Crippen MR) is 81.5 cm³/mol. The van der Waals surface area contributed by atoms with E-state index in [0.717, 1.165) is 12.0 Å². The molecule has 0 aromatic heterocycles. The van der Waals surface area contributed by atoms with Crippen LogP contribution in [-0.4, -0.2) is 13.2 Å². The maximum absolute atomic E-state index is 13.6. The fraction of sp³-hybridized carbons (Fsp3) is 0.294. The number of rotatable bonds is 7. The topological polar surface area (TPSA) is 44.5 Å². The zero-order chi connectivity index (χ0) is 15.1. The molecule has 0 radical (unpaired) electrons. The van der Waals surface area contributed by atoms with Gasteiger partial charge in [0.1, 0.15) is 11.6 Å². The highest BCUT2D eigenvalue weighted by atomic mass is 19.1. The van der Waals surface area contributed by atoms with E-state index in [0.29, 0.717) is 36.8 Å². The monoisotopic (exact) mass is 289 g/mol. The molecule has 0 saturated heterocycles. The van der Waals surface area contributed by atoms with E-state index in [9.17, 15) is 4.39 Å². The Morgan fingerprint density at radius 3 is 2.57 bits per heavy atom. The average molecular weight is 289 g/mol. The minimum absolute atomic E-state index is 0.331. The van der Waals surface area contributed by atoms with E-state index in [4.69, 9.17) is 15.2 Å². The fourth-order valence-corrected chi connectivity index (χ4v) is 1.98. The van der Waals surface area contributed by atoms with E-state index in [1.807, 2.05) is 25.1 Å². The molecule has 0 spiro atoms. The first-order valence-electron chi connectivity index (χ1n) is 7.12. The average Bonchev–Trinajstić information content (AvgIpc) is 2.46. The van der Waals surface area contributed by atoms with Gasteiger partial charge >= 0.3 is 0 Å². The molecular formula is C17H20FNO2. The van der Waals surface area contributed by atoms with Crippen LogP contribution in [0.4, 0.5) is 4.39 Å². The van der Waals surface area contributed by atoms with Crippen LogP contribution in [0.3, 0.4) is 0 Å². The van der Waals surface area contributed by atoms with Crippen LogP contribution in [0.1, 0.15) is 18.9 Å². The van der Waals surface area contributed by atoms with Gasteiger partial charge in [-0.15, -0.1) is 0 Å². The number of nitrogens with two attached hydrogens (primary N) is 1. The summed E-state index contributed by atoms with van der Waals surface area (Å²) in [6.45, 7) is 3.12. The first-order chi connectivity index (χ1) is 10.2. The van der Waals surface area contributed by atoms with Crippen LogP contribution >= 0.6 is 0 Å². The second-order valence-electron chi connectivity index (χ2n) is 4.73. The molecule has 21 heavy (non-hydrogen) atoms. The summed E-state index contributed by atoms with van der Waals surface area (Å²) in [5.41, 5.74) is 6.33. The van der Waals surface area contributed by atoms with E-state index < -0.39 is 0 Å². The van der Waals surface area contributed by atoms with E-state index in [-0.39, 0.29) is 5.82 Å². The molecule has 112 valence electrons. The third kappa shape index (κ3) is 4.46. The molecule has 0 unspecified atom stereocenters. The van der Waals surface area contributed by atoms with Crippen molar-refractivity contribution in [1.29, 1.82) is 0 Å². The number of hydrogen-bond acceptors (Lipinski definition) is 3. The quantitative estimate of drug-likeness (QED) is 0.840. The lowest BCUT2D eigenvalue weighted by molar-refractivity contribution is 0.302. The summed E-state index contributed by atoms with van der Waals surface area (Å²) in [5.74, 6) is 1.35. The Morgan fingerprint density at radius 1 is 1.10 bits per heavy atom. The molecule has 0 fully saturated rings. The van der Waals surface area contributed by atoms with Gasteiger partial charge in [0.2, 0.25) is 0 Å². The zero-order valence-electron chi connectivity index (χ0n) is 12.1. The van der Waals surface area contributed by atoms with Crippen molar-refractivity contribution in [2.24, 2.45) is 5.73 Å². The Hall–Kier alpha value is -2.07. The molecule has 0 aliphatic rings. The Balaban J connectivity index is 2.21. The minimum atomic E-state index is -0.331. The summed E-state index contributed by atoms with van der Waals surface area (Å²) in [6.07, 6.45) is 1.52. The highest BCUT2D eigenvalue weighted by Gasteiger charge is 2.07. The summed E-state index contributed by atoms with van der Waals surface area (Å²) in [5, 5.41) is 0. The van der Waals surface area contributed by atoms with Crippen molar-refractivity contribution in [2.45, 2.75) is 19.8 Å². The van der Waals surface area contributed by atoms with Gasteiger partial charge in [-0.25, -0.2) is 4.39 Å². The van der Waals surface area contributed by atoms with Gasteiger partial charge in [0.15, 0.2) is 11.5 Å². The molecule has 0 heterocycles. The lowest BCUT2D eigenvalue weighted by Gasteiger charge is -2.12. The first kappa shape index (κ1) is 15.3. The standard InChI is InChI=1S/C17H20FNO2/c1-2-9-20-16-5-3-4-6-17(16)21-15-11-13(7-8-19)10-14(18)12-15/h3-6,10-12H,2,7-9,19H2,1H3. The van der Waals surface area contributed by atoms with Crippen LogP contribution in [0.15, 0.2) is 42.5 Å². The second-order valence-corrected chi connectivity index (χ2v) is 4.73. The maximum atomic E-state index is 13.6. The van der Waals surface area contributed by atoms with Crippen LogP contribution in [0.25, 0.3) is 0 Å². The summed E-state index contributed by atoms with van der Waals surface area (Å²) in [6, 6.07) is 12.0. The number of hydrogen-bond donors (Lipinski definition) is 1. The van der Waals surface area contributed by atoms with Gasteiger partial charge in [0.25, 0.3) is 0 Å². The van der Waals surface area contributed by atoms with Crippen LogP contribution in [0.5, 0.6) is 17.2 Å². The Labute approximate surface area is 124 Å². The lowest BCUT2D eigenvalue weighted by Crippen LogP contribution is -2.03. The SMILES string of the molecule is CCCOc1ccccc1Oc1cc(F)cc(CCN)c1. The zero-order valence-corrected chi connectivity index (χ0v) is 12.1. The van der Waals surface area contributed by atoms with Crippen LogP contribution < -0.4 is 15.2 Å². The molecule has 0 bridgehead atoms. The number of ether oxygens (including phenoxy) is 2. The van der Waals surface area contributed by atoms with Crippen molar-refractivity contribution >= 4 is 0 Å². The van der Waals surface area contributed by atoms with Crippen LogP contribution in [0.2, 0.25) is 0 Å². The van der Waals surface area contributed by atoms with E-state index in [1.165, 1.54) is 12.1 Å². The number of para-hydroxylation sites is 2. The normalized spacial score (nSPS) is 10.4. The largest absolute Gasteiger partial charge is 0.490 e. The Morgan fingerprint density at radius 2 is 1.86 bits per heavy atom. The van der Waals surface area contributed by atoms with Gasteiger partial charge in [0.05, 0.1) is 6.61 Å². The van der Waals surface area contributed by atoms with Crippen molar-refractivity contribution in [3.8, 4) is 17.2 Å². The maximum Gasteiger partial charge on any atom is 0.169 e. The lowest BCUT2D eigenvalue weighted by atomic mass is 10.1. The van der Waals surface area contributed by atoms with Gasteiger partial charge in [-0.3, -0.25) is 0 Å². The molecule has 2 N–H and O–H groups in total. The van der Waals surface area contributed by atoms with E-state index >= 15 is 0 Å². The predicted octanol–water partition coefficient (Wildman–Crippen LogP) is 3.91. The van der Waals surface area contributed by atoms with Crippen molar-refractivity contribution in [2.75, 3.05) is 13.2 Å². The minimum Gasteiger partial charge on any atom is -0.490 e. The molecule has 4 heteroatoms. The van der Waals surface area contributed by atoms with Crippen molar-refractivity contribution in [1.82, 2.24) is 0 Å². The highest BCUT2D eigenvalue weighted by molar-refractivity contribution is 5.43. The number of halogens is 1. The molecule has 0 aliphatic heterocycles. The summed E-state index contributed by atoms with van der Waals surface area (Å²) < 4.78 is 25.0. The molecule has 2 rings (SSSR count). The molecule has 0 amide bonds. The second kappa shape index (κ2) is 7.64.